The fourth-order valence-corrected chi connectivity index (χ4v) is 2.62. The van der Waals surface area contributed by atoms with Gasteiger partial charge in [0.15, 0.2) is 5.96 Å². The van der Waals surface area contributed by atoms with Crippen molar-refractivity contribution in [2.45, 2.75) is 38.2 Å². The second-order valence-corrected chi connectivity index (χ2v) is 6.26. The van der Waals surface area contributed by atoms with Crippen LogP contribution >= 0.6 is 24.0 Å². The largest absolute Gasteiger partial charge is 0.494 e. The summed E-state index contributed by atoms with van der Waals surface area (Å²) in [5.74, 6) is 1.25. The molecule has 1 fully saturated rings. The number of nitrogens with zero attached hydrogens (tertiary/aromatic N) is 1. The Labute approximate surface area is 166 Å². The Balaban J connectivity index is 0.00000312. The molecule has 1 aliphatic heterocycles. The summed E-state index contributed by atoms with van der Waals surface area (Å²) in [4.78, 5) is 4.23. The number of nitrogens with one attached hydrogen (secondary N) is 2. The van der Waals surface area contributed by atoms with Crippen LogP contribution in [0.5, 0.6) is 5.75 Å². The van der Waals surface area contributed by atoms with Gasteiger partial charge in [0, 0.05) is 26.7 Å². The van der Waals surface area contributed by atoms with Gasteiger partial charge in [-0.15, -0.1) is 24.0 Å². The van der Waals surface area contributed by atoms with Gasteiger partial charge < -0.3 is 20.1 Å². The van der Waals surface area contributed by atoms with Gasteiger partial charge in [0.25, 0.3) is 0 Å². The van der Waals surface area contributed by atoms with Gasteiger partial charge in [-0.2, -0.15) is 0 Å². The van der Waals surface area contributed by atoms with Crippen LogP contribution in [0.3, 0.4) is 0 Å². The third-order valence-corrected chi connectivity index (χ3v) is 4.10. The van der Waals surface area contributed by atoms with E-state index in [9.17, 15) is 4.39 Å². The maximum Gasteiger partial charge on any atom is 0.191 e. The summed E-state index contributed by atoms with van der Waals surface area (Å²) in [7, 11) is 1.77. The van der Waals surface area contributed by atoms with E-state index in [0.717, 1.165) is 51.3 Å². The van der Waals surface area contributed by atoms with Gasteiger partial charge in [-0.3, -0.25) is 4.99 Å². The van der Waals surface area contributed by atoms with Crippen molar-refractivity contribution in [2.75, 3.05) is 33.4 Å². The monoisotopic (exact) mass is 465 g/mol. The molecule has 2 N–H and O–H groups in total. The fraction of sp³-hybridized carbons (Fsp3) is 0.611. The molecule has 1 aliphatic rings. The highest BCUT2D eigenvalue weighted by Gasteiger charge is 2.29. The van der Waals surface area contributed by atoms with E-state index in [1.807, 2.05) is 0 Å². The molecule has 1 saturated heterocycles. The van der Waals surface area contributed by atoms with Crippen molar-refractivity contribution in [3.63, 3.8) is 0 Å². The second-order valence-electron chi connectivity index (χ2n) is 6.26. The van der Waals surface area contributed by atoms with Gasteiger partial charge in [-0.1, -0.05) is 0 Å². The number of hydrogen-bond acceptors (Lipinski definition) is 3. The molecule has 1 aromatic carbocycles. The predicted molar refractivity (Wildman–Crippen MR) is 109 cm³/mol. The first kappa shape index (κ1) is 22.0. The van der Waals surface area contributed by atoms with Crippen LogP contribution in [0.15, 0.2) is 29.3 Å². The van der Waals surface area contributed by atoms with E-state index < -0.39 is 0 Å². The molecule has 7 heteroatoms. The standard InChI is InChI=1S/C18H28FN3O2.HI/c1-18(10-5-13-24-18)14-22-17(20-2)21-11-3-4-12-23-16-8-6-15(19)7-9-16;/h6-9H,3-5,10-14H2,1-2H3,(H2,20,21,22);1H. The van der Waals surface area contributed by atoms with E-state index >= 15 is 0 Å². The van der Waals surface area contributed by atoms with Crippen LogP contribution in [-0.4, -0.2) is 44.9 Å². The third kappa shape index (κ3) is 8.22. The summed E-state index contributed by atoms with van der Waals surface area (Å²) < 4.78 is 24.1. The van der Waals surface area contributed by atoms with E-state index in [-0.39, 0.29) is 35.4 Å². The van der Waals surface area contributed by atoms with Crippen molar-refractivity contribution in [1.82, 2.24) is 10.6 Å². The lowest BCUT2D eigenvalue weighted by molar-refractivity contribution is 0.0243. The summed E-state index contributed by atoms with van der Waals surface area (Å²) >= 11 is 0. The topological polar surface area (TPSA) is 54.9 Å². The molecule has 0 aromatic heterocycles. The molecule has 0 amide bonds. The van der Waals surface area contributed by atoms with Crippen LogP contribution in [-0.2, 0) is 4.74 Å². The first-order valence-electron chi connectivity index (χ1n) is 8.58. The number of guanidine groups is 1. The molecule has 1 heterocycles. The summed E-state index contributed by atoms with van der Waals surface area (Å²) in [6.45, 7) is 5.18. The minimum absolute atomic E-state index is 0. The fourth-order valence-electron chi connectivity index (χ4n) is 2.62. The van der Waals surface area contributed by atoms with Gasteiger partial charge in [0.1, 0.15) is 11.6 Å². The van der Waals surface area contributed by atoms with Crippen molar-refractivity contribution >= 4 is 29.9 Å². The number of halogens is 2. The first-order chi connectivity index (χ1) is 11.6. The van der Waals surface area contributed by atoms with Crippen LogP contribution in [0.25, 0.3) is 0 Å². The zero-order chi connectivity index (χ0) is 17.3. The highest BCUT2D eigenvalue weighted by atomic mass is 127. The molecular formula is C18H29FIN3O2. The SMILES string of the molecule is CN=C(NCCCCOc1ccc(F)cc1)NCC1(C)CCCO1.I. The molecule has 0 spiro atoms. The Morgan fingerprint density at radius 1 is 1.28 bits per heavy atom. The van der Waals surface area contributed by atoms with Crippen LogP contribution in [0.2, 0.25) is 0 Å². The highest BCUT2D eigenvalue weighted by molar-refractivity contribution is 14.0. The molecule has 1 unspecified atom stereocenters. The smallest absolute Gasteiger partial charge is 0.191 e. The normalized spacial score (nSPS) is 20.0. The van der Waals surface area contributed by atoms with E-state index in [4.69, 9.17) is 9.47 Å². The number of ether oxygens (including phenoxy) is 2. The molecule has 142 valence electrons. The van der Waals surface area contributed by atoms with Crippen molar-refractivity contribution in [2.24, 2.45) is 4.99 Å². The summed E-state index contributed by atoms with van der Waals surface area (Å²) in [5.41, 5.74) is -0.0827. The van der Waals surface area contributed by atoms with Crippen LogP contribution in [0.1, 0.15) is 32.6 Å². The van der Waals surface area contributed by atoms with E-state index in [1.165, 1.54) is 12.1 Å². The van der Waals surface area contributed by atoms with Crippen molar-refractivity contribution in [1.29, 1.82) is 0 Å². The van der Waals surface area contributed by atoms with Gasteiger partial charge >= 0.3 is 0 Å². The molecule has 1 atom stereocenters. The lowest BCUT2D eigenvalue weighted by atomic mass is 10.0. The molecule has 25 heavy (non-hydrogen) atoms. The average Bonchev–Trinajstić information content (AvgIpc) is 3.02. The Morgan fingerprint density at radius 2 is 2.04 bits per heavy atom. The first-order valence-corrected chi connectivity index (χ1v) is 8.58. The van der Waals surface area contributed by atoms with Crippen molar-refractivity contribution < 1.29 is 13.9 Å². The number of unbranched alkanes of at least 4 members (excludes halogenated alkanes) is 1. The maximum atomic E-state index is 12.8. The van der Waals surface area contributed by atoms with Gasteiger partial charge in [0.2, 0.25) is 0 Å². The molecule has 0 saturated carbocycles. The molecule has 1 aromatic rings. The number of aliphatic imine (C=N–C) groups is 1. The molecule has 5 nitrogen and oxygen atoms in total. The molecule has 0 radical (unpaired) electrons. The third-order valence-electron chi connectivity index (χ3n) is 4.10. The molecular weight excluding hydrogens is 436 g/mol. The Morgan fingerprint density at radius 3 is 2.68 bits per heavy atom. The Hall–Kier alpha value is -1.09. The van der Waals surface area contributed by atoms with E-state index in [0.29, 0.717) is 12.4 Å². The molecule has 2 rings (SSSR count). The minimum atomic E-state index is -0.248. The molecule has 0 bridgehead atoms. The van der Waals surface area contributed by atoms with E-state index in [2.05, 4.69) is 22.5 Å². The Kier molecular flexibility index (Phi) is 10.1. The number of rotatable bonds is 8. The van der Waals surface area contributed by atoms with Crippen LogP contribution in [0, 0.1) is 5.82 Å². The lowest BCUT2D eigenvalue weighted by Gasteiger charge is -2.24. The van der Waals surface area contributed by atoms with Crippen molar-refractivity contribution in [3.8, 4) is 5.75 Å². The van der Waals surface area contributed by atoms with Gasteiger partial charge in [-0.05, 0) is 56.9 Å². The van der Waals surface area contributed by atoms with Crippen LogP contribution < -0.4 is 15.4 Å². The van der Waals surface area contributed by atoms with Crippen LogP contribution in [0.4, 0.5) is 4.39 Å². The zero-order valence-corrected chi connectivity index (χ0v) is 17.3. The highest BCUT2D eigenvalue weighted by Crippen LogP contribution is 2.23. The van der Waals surface area contributed by atoms with E-state index in [1.54, 1.807) is 19.2 Å². The quantitative estimate of drug-likeness (QED) is 0.268. The number of benzene rings is 1. The Bertz CT molecular complexity index is 520. The maximum absolute atomic E-state index is 12.8. The summed E-state index contributed by atoms with van der Waals surface area (Å²) in [6, 6.07) is 6.10. The second kappa shape index (κ2) is 11.5. The summed E-state index contributed by atoms with van der Waals surface area (Å²) in [5, 5.41) is 6.62. The van der Waals surface area contributed by atoms with Gasteiger partial charge in [0.05, 0.1) is 12.2 Å². The average molecular weight is 465 g/mol. The predicted octanol–water partition coefficient (Wildman–Crippen LogP) is 3.34. The number of hydrogen-bond donors (Lipinski definition) is 2. The minimum Gasteiger partial charge on any atom is -0.494 e. The van der Waals surface area contributed by atoms with Gasteiger partial charge in [-0.25, -0.2) is 4.39 Å². The molecule has 0 aliphatic carbocycles. The lowest BCUT2D eigenvalue weighted by Crippen LogP contribution is -2.45. The van der Waals surface area contributed by atoms with Crippen molar-refractivity contribution in [3.05, 3.63) is 30.1 Å². The zero-order valence-electron chi connectivity index (χ0n) is 15.0. The summed E-state index contributed by atoms with van der Waals surface area (Å²) in [6.07, 6.45) is 4.09.